The summed E-state index contributed by atoms with van der Waals surface area (Å²) in [5.41, 5.74) is 7.81. The van der Waals surface area contributed by atoms with Gasteiger partial charge in [0.15, 0.2) is 5.69 Å². The number of nitrogens with two attached hydrogens (primary N) is 1. The second-order valence-corrected chi connectivity index (χ2v) is 8.35. The molecule has 3 aromatic rings. The normalized spacial score (nSPS) is 18.2. The highest BCUT2D eigenvalue weighted by molar-refractivity contribution is 5.97. The lowest BCUT2D eigenvalue weighted by molar-refractivity contribution is -0.141. The van der Waals surface area contributed by atoms with Crippen LogP contribution in [0.5, 0.6) is 0 Å². The molecule has 0 aromatic carbocycles. The molecule has 1 atom stereocenters. The third-order valence-corrected chi connectivity index (χ3v) is 6.27. The molecule has 11 heteroatoms. The van der Waals surface area contributed by atoms with Gasteiger partial charge in [-0.05, 0) is 49.9 Å². The molecule has 8 nitrogen and oxygen atoms in total. The van der Waals surface area contributed by atoms with Gasteiger partial charge in [-0.3, -0.25) is 4.79 Å². The predicted molar refractivity (Wildman–Crippen MR) is 112 cm³/mol. The number of pyridine rings is 2. The van der Waals surface area contributed by atoms with Gasteiger partial charge in [-0.1, -0.05) is 0 Å². The number of nitrogens with zero attached hydrogens (tertiary/aromatic N) is 5. The van der Waals surface area contributed by atoms with Crippen LogP contribution in [0.15, 0.2) is 24.4 Å². The van der Waals surface area contributed by atoms with E-state index in [1.807, 2.05) is 6.92 Å². The Kier molecular flexibility index (Phi) is 5.15. The molecule has 1 saturated carbocycles. The number of rotatable bonds is 4. The van der Waals surface area contributed by atoms with Gasteiger partial charge in [0.05, 0.1) is 36.7 Å². The zero-order valence-corrected chi connectivity index (χ0v) is 17.8. The van der Waals surface area contributed by atoms with E-state index < -0.39 is 11.9 Å². The molecule has 4 heterocycles. The fourth-order valence-corrected chi connectivity index (χ4v) is 4.27. The van der Waals surface area contributed by atoms with Crippen molar-refractivity contribution in [2.75, 3.05) is 5.73 Å². The number of nitrogen functional groups attached to an aromatic ring is 1. The number of anilines is 1. The van der Waals surface area contributed by atoms with E-state index in [1.54, 1.807) is 11.0 Å². The molecule has 0 saturated heterocycles. The van der Waals surface area contributed by atoms with Crippen LogP contribution in [0, 0.1) is 0 Å². The molecule has 2 N–H and O–H groups in total. The summed E-state index contributed by atoms with van der Waals surface area (Å²) in [7, 11) is 0. The number of alkyl halides is 3. The van der Waals surface area contributed by atoms with Crippen LogP contribution in [0.2, 0.25) is 0 Å². The fraction of sp³-hybridized carbons (Fsp3) is 0.409. The maximum atomic E-state index is 13.4. The van der Waals surface area contributed by atoms with Gasteiger partial charge in [-0.15, -0.1) is 5.10 Å². The molecule has 1 fully saturated rings. The summed E-state index contributed by atoms with van der Waals surface area (Å²) in [6.07, 6.45) is -0.640. The monoisotopic (exact) mass is 458 g/mol. The highest BCUT2D eigenvalue weighted by Crippen LogP contribution is 2.38. The number of aromatic nitrogens is 4. The number of carbonyl (C=O) groups excluding carboxylic acids is 1. The first kappa shape index (κ1) is 21.5. The topological polar surface area (TPSA) is 107 Å². The molecule has 2 aliphatic rings. The minimum Gasteiger partial charge on any atom is -0.383 e. The van der Waals surface area contributed by atoms with Crippen LogP contribution in [0.1, 0.15) is 65.3 Å². The van der Waals surface area contributed by atoms with Gasteiger partial charge in [-0.25, -0.2) is 9.97 Å². The van der Waals surface area contributed by atoms with Gasteiger partial charge >= 0.3 is 6.18 Å². The van der Waals surface area contributed by atoms with Gasteiger partial charge in [0.25, 0.3) is 5.91 Å². The number of ether oxygens (including phenoxy) is 1. The Morgan fingerprint density at radius 2 is 2.06 bits per heavy atom. The molecule has 0 spiro atoms. The summed E-state index contributed by atoms with van der Waals surface area (Å²) >= 11 is 0. The largest absolute Gasteiger partial charge is 0.435 e. The molecular weight excluding hydrogens is 437 g/mol. The number of fused-ring (bicyclic) bond motifs is 3. The Labute approximate surface area is 187 Å². The zero-order chi connectivity index (χ0) is 23.3. The minimum absolute atomic E-state index is 0.0299. The Bertz CT molecular complexity index is 1230. The van der Waals surface area contributed by atoms with Crippen molar-refractivity contribution < 1.29 is 22.7 Å². The van der Waals surface area contributed by atoms with Gasteiger partial charge in [0.1, 0.15) is 11.5 Å². The molecule has 0 radical (unpaired) electrons. The summed E-state index contributed by atoms with van der Waals surface area (Å²) in [5, 5.41) is 7.72. The standard InChI is InChI=1S/C22H21F3N6O2/c1-11-19-15(10-33-11)14-7-16(27-8-17(14)28-20(19)26)21(32)31(13-3-2-4-13)9-12-5-6-18(30-29-12)22(23,24)25/h5-8,11,13H,2-4,9-10H2,1H3,(H2,26,28)/t11-/m0/s1. The van der Waals surface area contributed by atoms with Crippen LogP contribution in [-0.2, 0) is 24.1 Å². The quantitative estimate of drug-likeness (QED) is 0.634. The predicted octanol–water partition coefficient (Wildman–Crippen LogP) is 3.81. The molecular formula is C22H21F3N6O2. The number of carbonyl (C=O) groups is 1. The highest BCUT2D eigenvalue weighted by Gasteiger charge is 2.34. The number of hydrogen-bond donors (Lipinski definition) is 1. The molecule has 5 rings (SSSR count). The molecule has 1 aliphatic carbocycles. The van der Waals surface area contributed by atoms with E-state index in [4.69, 9.17) is 10.5 Å². The van der Waals surface area contributed by atoms with E-state index in [0.29, 0.717) is 17.9 Å². The van der Waals surface area contributed by atoms with E-state index in [2.05, 4.69) is 20.2 Å². The second kappa shape index (κ2) is 7.91. The van der Waals surface area contributed by atoms with Crippen LogP contribution < -0.4 is 5.73 Å². The maximum Gasteiger partial charge on any atom is 0.435 e. The highest BCUT2D eigenvalue weighted by atomic mass is 19.4. The fourth-order valence-electron chi connectivity index (χ4n) is 4.27. The first-order chi connectivity index (χ1) is 15.7. The van der Waals surface area contributed by atoms with Gasteiger partial charge < -0.3 is 15.4 Å². The van der Waals surface area contributed by atoms with Crippen molar-refractivity contribution in [3.8, 4) is 0 Å². The summed E-state index contributed by atoms with van der Waals surface area (Å²) in [6.45, 7) is 2.31. The summed E-state index contributed by atoms with van der Waals surface area (Å²) < 4.78 is 44.1. The van der Waals surface area contributed by atoms with Gasteiger partial charge in [0.2, 0.25) is 0 Å². The van der Waals surface area contributed by atoms with Crippen molar-refractivity contribution in [1.82, 2.24) is 25.1 Å². The first-order valence-corrected chi connectivity index (χ1v) is 10.6. The Hall–Kier alpha value is -3.34. The van der Waals surface area contributed by atoms with E-state index in [-0.39, 0.29) is 36.0 Å². The van der Waals surface area contributed by atoms with Gasteiger partial charge in [-0.2, -0.15) is 18.3 Å². The van der Waals surface area contributed by atoms with Crippen molar-refractivity contribution in [3.05, 3.63) is 52.6 Å². The zero-order valence-electron chi connectivity index (χ0n) is 17.8. The van der Waals surface area contributed by atoms with Crippen molar-refractivity contribution in [3.63, 3.8) is 0 Å². The third-order valence-electron chi connectivity index (χ3n) is 6.27. The molecule has 33 heavy (non-hydrogen) atoms. The molecule has 0 bridgehead atoms. The molecule has 3 aromatic heterocycles. The van der Waals surface area contributed by atoms with Crippen LogP contribution in [0.3, 0.4) is 0 Å². The summed E-state index contributed by atoms with van der Waals surface area (Å²) in [4.78, 5) is 23.8. The van der Waals surface area contributed by atoms with Crippen LogP contribution in [-0.4, -0.2) is 37.0 Å². The first-order valence-electron chi connectivity index (χ1n) is 10.6. The lowest BCUT2D eigenvalue weighted by atomic mass is 9.91. The molecule has 1 amide bonds. The summed E-state index contributed by atoms with van der Waals surface area (Å²) in [5.74, 6) is 0.0705. The van der Waals surface area contributed by atoms with Crippen molar-refractivity contribution >= 4 is 22.6 Å². The van der Waals surface area contributed by atoms with Crippen LogP contribution >= 0.6 is 0 Å². The maximum absolute atomic E-state index is 13.4. The lowest BCUT2D eigenvalue weighted by Gasteiger charge is -2.37. The van der Waals surface area contributed by atoms with E-state index in [9.17, 15) is 18.0 Å². The SMILES string of the molecule is C[C@@H]1OCc2c1c(N)nc1cnc(C(=O)N(Cc3ccc(C(F)(F)F)nn3)C3CCC3)cc21. The average molecular weight is 458 g/mol. The van der Waals surface area contributed by atoms with E-state index in [1.165, 1.54) is 12.3 Å². The Morgan fingerprint density at radius 1 is 1.27 bits per heavy atom. The molecule has 1 aliphatic heterocycles. The molecule has 0 unspecified atom stereocenters. The van der Waals surface area contributed by atoms with Crippen LogP contribution in [0.25, 0.3) is 10.9 Å². The minimum atomic E-state index is -4.57. The van der Waals surface area contributed by atoms with Gasteiger partial charge in [0, 0.05) is 17.0 Å². The summed E-state index contributed by atoms with van der Waals surface area (Å²) in [6, 6.07) is 3.79. The lowest BCUT2D eigenvalue weighted by Crippen LogP contribution is -2.44. The van der Waals surface area contributed by atoms with Crippen molar-refractivity contribution in [2.24, 2.45) is 0 Å². The second-order valence-electron chi connectivity index (χ2n) is 8.35. The third kappa shape index (κ3) is 3.86. The molecule has 172 valence electrons. The Morgan fingerprint density at radius 3 is 2.70 bits per heavy atom. The Balaban J connectivity index is 1.47. The smallest absolute Gasteiger partial charge is 0.383 e. The average Bonchev–Trinajstić information content (AvgIpc) is 3.14. The van der Waals surface area contributed by atoms with E-state index >= 15 is 0 Å². The van der Waals surface area contributed by atoms with Crippen molar-refractivity contribution in [2.45, 2.75) is 57.7 Å². The van der Waals surface area contributed by atoms with Crippen LogP contribution in [0.4, 0.5) is 19.0 Å². The van der Waals surface area contributed by atoms with E-state index in [0.717, 1.165) is 41.8 Å². The van der Waals surface area contributed by atoms with Crippen molar-refractivity contribution in [1.29, 1.82) is 0 Å². The number of halogens is 3. The number of amides is 1. The number of hydrogen-bond acceptors (Lipinski definition) is 7.